The van der Waals surface area contributed by atoms with Crippen molar-refractivity contribution in [3.63, 3.8) is 0 Å². The largest absolute Gasteiger partial charge is 0.344 e. The van der Waals surface area contributed by atoms with Crippen LogP contribution in [0.5, 0.6) is 0 Å². The number of benzene rings is 1. The average Bonchev–Trinajstić information content (AvgIpc) is 2.48. The van der Waals surface area contributed by atoms with Crippen LogP contribution in [0.4, 0.5) is 5.69 Å². The monoisotopic (exact) mass is 313 g/mol. The first-order chi connectivity index (χ1) is 10.4. The van der Waals surface area contributed by atoms with Crippen molar-refractivity contribution in [2.24, 2.45) is 4.99 Å². The summed E-state index contributed by atoms with van der Waals surface area (Å²) in [5.74, 6) is 0.766. The van der Waals surface area contributed by atoms with Gasteiger partial charge in [0.15, 0.2) is 0 Å². The smallest absolute Gasteiger partial charge is 0.103 e. The standard InChI is InChI=1S/C18H20ClN3/c1-11-6-7-17(13(3)18(11)19)22-15(5)21-14(4)16-8-9-20-12(2)10-16/h6-10H,4H2,1-3,5H3,(H,21,22). The molecule has 0 unspecified atom stereocenters. The van der Waals surface area contributed by atoms with Crippen molar-refractivity contribution in [1.82, 2.24) is 10.3 Å². The topological polar surface area (TPSA) is 37.3 Å². The molecule has 0 aliphatic carbocycles. The van der Waals surface area contributed by atoms with Gasteiger partial charge < -0.3 is 5.32 Å². The lowest BCUT2D eigenvalue weighted by Gasteiger charge is -2.11. The summed E-state index contributed by atoms with van der Waals surface area (Å²) in [4.78, 5) is 8.78. The second-order valence-electron chi connectivity index (χ2n) is 5.33. The van der Waals surface area contributed by atoms with E-state index >= 15 is 0 Å². The Morgan fingerprint density at radius 3 is 2.64 bits per heavy atom. The van der Waals surface area contributed by atoms with E-state index in [1.807, 2.05) is 52.0 Å². The van der Waals surface area contributed by atoms with Crippen LogP contribution in [0.25, 0.3) is 5.70 Å². The fourth-order valence-electron chi connectivity index (χ4n) is 2.16. The van der Waals surface area contributed by atoms with Gasteiger partial charge in [-0.2, -0.15) is 0 Å². The maximum absolute atomic E-state index is 6.27. The summed E-state index contributed by atoms with van der Waals surface area (Å²) in [6.07, 6.45) is 1.77. The van der Waals surface area contributed by atoms with Gasteiger partial charge in [-0.15, -0.1) is 0 Å². The molecule has 1 N–H and O–H groups in total. The number of aromatic nitrogens is 1. The van der Waals surface area contributed by atoms with Gasteiger partial charge in [-0.3, -0.25) is 4.98 Å². The molecule has 0 saturated carbocycles. The Morgan fingerprint density at radius 2 is 1.95 bits per heavy atom. The number of halogens is 1. The second-order valence-corrected chi connectivity index (χ2v) is 5.71. The molecule has 0 fully saturated rings. The molecule has 0 radical (unpaired) electrons. The van der Waals surface area contributed by atoms with E-state index in [-0.39, 0.29) is 0 Å². The molecular weight excluding hydrogens is 294 g/mol. The first-order valence-electron chi connectivity index (χ1n) is 7.08. The Bertz CT molecular complexity index is 748. The summed E-state index contributed by atoms with van der Waals surface area (Å²) in [7, 11) is 0. The lowest BCUT2D eigenvalue weighted by molar-refractivity contribution is 1.17. The molecule has 2 aromatic rings. The highest BCUT2D eigenvalue weighted by molar-refractivity contribution is 6.32. The number of hydrogen-bond donors (Lipinski definition) is 1. The lowest BCUT2D eigenvalue weighted by Crippen LogP contribution is -2.18. The van der Waals surface area contributed by atoms with Crippen molar-refractivity contribution in [3.8, 4) is 0 Å². The first-order valence-corrected chi connectivity index (χ1v) is 7.46. The molecule has 114 valence electrons. The van der Waals surface area contributed by atoms with Gasteiger partial charge in [-0.1, -0.05) is 24.2 Å². The van der Waals surface area contributed by atoms with Gasteiger partial charge in [0.2, 0.25) is 0 Å². The quantitative estimate of drug-likeness (QED) is 0.641. The molecule has 2 rings (SSSR count). The van der Waals surface area contributed by atoms with Gasteiger partial charge in [0, 0.05) is 28.2 Å². The van der Waals surface area contributed by atoms with E-state index in [9.17, 15) is 0 Å². The van der Waals surface area contributed by atoms with Gasteiger partial charge >= 0.3 is 0 Å². The molecule has 0 bridgehead atoms. The zero-order valence-corrected chi connectivity index (χ0v) is 14.1. The predicted molar refractivity (Wildman–Crippen MR) is 94.8 cm³/mol. The van der Waals surface area contributed by atoms with E-state index < -0.39 is 0 Å². The van der Waals surface area contributed by atoms with Crippen molar-refractivity contribution in [2.45, 2.75) is 27.7 Å². The number of aryl methyl sites for hydroxylation is 2. The Morgan fingerprint density at radius 1 is 1.23 bits per heavy atom. The number of amidine groups is 1. The van der Waals surface area contributed by atoms with Gasteiger partial charge in [-0.25, -0.2) is 4.99 Å². The number of pyridine rings is 1. The molecule has 4 heteroatoms. The molecule has 22 heavy (non-hydrogen) atoms. The van der Waals surface area contributed by atoms with Crippen molar-refractivity contribution in [2.75, 3.05) is 0 Å². The number of rotatable bonds is 3. The van der Waals surface area contributed by atoms with Crippen LogP contribution in [0.3, 0.4) is 0 Å². The minimum absolute atomic E-state index is 0.762. The molecule has 0 aliphatic rings. The predicted octanol–water partition coefficient (Wildman–Crippen LogP) is 4.97. The molecule has 0 aliphatic heterocycles. The fraction of sp³-hybridized carbons (Fsp3) is 0.222. The summed E-state index contributed by atoms with van der Waals surface area (Å²) in [6, 6.07) is 7.85. The Hall–Kier alpha value is -2.13. The molecule has 0 spiro atoms. The van der Waals surface area contributed by atoms with Crippen LogP contribution in [0, 0.1) is 20.8 Å². The van der Waals surface area contributed by atoms with Crippen molar-refractivity contribution in [1.29, 1.82) is 0 Å². The van der Waals surface area contributed by atoms with Gasteiger partial charge in [0.25, 0.3) is 0 Å². The second kappa shape index (κ2) is 6.75. The summed E-state index contributed by atoms with van der Waals surface area (Å²) >= 11 is 6.27. The molecule has 0 saturated heterocycles. The maximum atomic E-state index is 6.27. The van der Waals surface area contributed by atoms with E-state index in [0.29, 0.717) is 0 Å². The minimum Gasteiger partial charge on any atom is -0.344 e. The Labute approximate surface area is 136 Å². The van der Waals surface area contributed by atoms with E-state index in [4.69, 9.17) is 11.6 Å². The normalized spacial score (nSPS) is 11.4. The van der Waals surface area contributed by atoms with E-state index in [0.717, 1.165) is 44.6 Å². The van der Waals surface area contributed by atoms with Crippen LogP contribution in [0.1, 0.15) is 29.3 Å². The zero-order valence-electron chi connectivity index (χ0n) is 13.4. The highest BCUT2D eigenvalue weighted by Gasteiger charge is 2.06. The summed E-state index contributed by atoms with van der Waals surface area (Å²) in [5, 5.41) is 3.98. The summed E-state index contributed by atoms with van der Waals surface area (Å²) in [5.41, 5.74) is 5.65. The van der Waals surface area contributed by atoms with Crippen molar-refractivity contribution in [3.05, 3.63) is 64.4 Å². The molecule has 3 nitrogen and oxygen atoms in total. The van der Waals surface area contributed by atoms with E-state index in [1.165, 1.54) is 0 Å². The van der Waals surface area contributed by atoms with Crippen molar-refractivity contribution < 1.29 is 0 Å². The number of aliphatic imine (C=N–C) groups is 1. The molecule has 0 atom stereocenters. The van der Waals surface area contributed by atoms with Crippen LogP contribution in [-0.2, 0) is 0 Å². The molecule has 0 amide bonds. The third kappa shape index (κ3) is 3.74. The molecule has 1 aromatic carbocycles. The SMILES string of the molecule is C=C(N/C(C)=N/c1ccc(C)c(Cl)c1C)c1ccnc(C)c1. The average molecular weight is 314 g/mol. The van der Waals surface area contributed by atoms with E-state index in [2.05, 4.69) is 21.9 Å². The molecule has 1 heterocycles. The zero-order chi connectivity index (χ0) is 16.3. The maximum Gasteiger partial charge on any atom is 0.103 e. The number of hydrogen-bond acceptors (Lipinski definition) is 2. The van der Waals surface area contributed by atoms with E-state index in [1.54, 1.807) is 6.20 Å². The Kier molecular flexibility index (Phi) is 4.99. The van der Waals surface area contributed by atoms with Crippen LogP contribution < -0.4 is 5.32 Å². The summed E-state index contributed by atoms with van der Waals surface area (Å²) in [6.45, 7) is 11.9. The van der Waals surface area contributed by atoms with Crippen LogP contribution in [0.2, 0.25) is 5.02 Å². The van der Waals surface area contributed by atoms with Crippen LogP contribution >= 0.6 is 11.6 Å². The van der Waals surface area contributed by atoms with Gasteiger partial charge in [0.05, 0.1) is 5.69 Å². The minimum atomic E-state index is 0.762. The lowest BCUT2D eigenvalue weighted by atomic mass is 10.1. The fourth-order valence-corrected chi connectivity index (χ4v) is 2.32. The number of nitrogens with one attached hydrogen (secondary N) is 1. The van der Waals surface area contributed by atoms with Crippen LogP contribution in [0.15, 0.2) is 42.0 Å². The Balaban J connectivity index is 2.20. The number of nitrogens with zero attached hydrogens (tertiary/aromatic N) is 2. The van der Waals surface area contributed by atoms with Crippen molar-refractivity contribution >= 4 is 28.8 Å². The highest BCUT2D eigenvalue weighted by Crippen LogP contribution is 2.28. The van der Waals surface area contributed by atoms with Gasteiger partial charge in [-0.05, 0) is 57.0 Å². The van der Waals surface area contributed by atoms with Crippen LogP contribution in [-0.4, -0.2) is 10.8 Å². The van der Waals surface area contributed by atoms with Gasteiger partial charge in [0.1, 0.15) is 5.84 Å². The molecular formula is C18H20ClN3. The highest BCUT2D eigenvalue weighted by atomic mass is 35.5. The summed E-state index contributed by atoms with van der Waals surface area (Å²) < 4.78 is 0. The third-order valence-electron chi connectivity index (χ3n) is 3.42. The first kappa shape index (κ1) is 16.2. The molecule has 1 aromatic heterocycles. The third-order valence-corrected chi connectivity index (χ3v) is 4.00.